The molecule has 0 N–H and O–H groups in total. The fraction of sp³-hybridized carbons (Fsp3) is 1.00. The van der Waals surface area contributed by atoms with Gasteiger partial charge in [-0.05, 0) is 55.1 Å². The van der Waals surface area contributed by atoms with Gasteiger partial charge in [0.15, 0.2) is 0 Å². The van der Waals surface area contributed by atoms with E-state index in [1.54, 1.807) is 0 Å². The minimum Gasteiger partial charge on any atom is -0.378 e. The first-order valence-electron chi connectivity index (χ1n) is 14.1. The number of hydrogen-bond acceptors (Lipinski definition) is 5. The Bertz CT molecular complexity index is 369. The van der Waals surface area contributed by atoms with Crippen molar-refractivity contribution in [3.8, 4) is 0 Å². The van der Waals surface area contributed by atoms with E-state index in [0.29, 0.717) is 12.1 Å². The van der Waals surface area contributed by atoms with Gasteiger partial charge in [-0.25, -0.2) is 0 Å². The van der Waals surface area contributed by atoms with Crippen LogP contribution in [0.4, 0.5) is 0 Å². The molecule has 0 heterocycles. The Morgan fingerprint density at radius 2 is 0.848 bits per heavy atom. The summed E-state index contributed by atoms with van der Waals surface area (Å²) >= 11 is 0. The lowest BCUT2D eigenvalue weighted by Gasteiger charge is -2.32. The molecule has 0 amide bonds. The molecule has 0 aliphatic rings. The smallest absolute Gasteiger partial charge is 0.0622 e. The van der Waals surface area contributed by atoms with Crippen LogP contribution in [-0.2, 0) is 4.74 Å². The summed E-state index contributed by atoms with van der Waals surface area (Å²) in [6.07, 6.45) is 16.0. The van der Waals surface area contributed by atoms with Gasteiger partial charge in [-0.3, -0.25) is 9.80 Å². The van der Waals surface area contributed by atoms with Crippen LogP contribution in [-0.4, -0.2) is 113 Å². The van der Waals surface area contributed by atoms with Gasteiger partial charge in [0.2, 0.25) is 0 Å². The maximum absolute atomic E-state index is 6.46. The zero-order chi connectivity index (χ0) is 24.9. The van der Waals surface area contributed by atoms with Crippen molar-refractivity contribution >= 4 is 0 Å². The van der Waals surface area contributed by atoms with Crippen LogP contribution in [0.3, 0.4) is 0 Å². The normalized spacial score (nSPS) is 14.2. The molecule has 5 nitrogen and oxygen atoms in total. The maximum atomic E-state index is 6.46. The van der Waals surface area contributed by atoms with Crippen molar-refractivity contribution in [2.45, 2.75) is 103 Å². The fourth-order valence-corrected chi connectivity index (χ4v) is 4.25. The van der Waals surface area contributed by atoms with Gasteiger partial charge < -0.3 is 14.5 Å². The van der Waals surface area contributed by atoms with Gasteiger partial charge in [-0.2, -0.15) is 0 Å². The van der Waals surface area contributed by atoms with Crippen molar-refractivity contribution in [3.63, 3.8) is 0 Å². The van der Waals surface area contributed by atoms with Crippen molar-refractivity contribution in [1.29, 1.82) is 0 Å². The first kappa shape index (κ1) is 32.8. The monoisotopic (exact) mass is 470 g/mol. The average molecular weight is 471 g/mol. The summed E-state index contributed by atoms with van der Waals surface area (Å²) in [6.45, 7) is 10.8. The van der Waals surface area contributed by atoms with Gasteiger partial charge in [0.05, 0.1) is 13.2 Å². The van der Waals surface area contributed by atoms with Crippen molar-refractivity contribution in [3.05, 3.63) is 0 Å². The van der Waals surface area contributed by atoms with Crippen molar-refractivity contribution < 1.29 is 4.74 Å². The molecule has 2 unspecified atom stereocenters. The second-order valence-corrected chi connectivity index (χ2v) is 10.8. The second kappa shape index (κ2) is 22.3. The minimum atomic E-state index is 0.531. The van der Waals surface area contributed by atoms with E-state index in [1.807, 2.05) is 0 Å². The Balaban J connectivity index is 4.72. The number of likely N-dealkylation sites (N-methyl/N-ethyl adjacent to an activating group) is 4. The van der Waals surface area contributed by atoms with Crippen LogP contribution in [0.5, 0.6) is 0 Å². The quantitative estimate of drug-likeness (QED) is 0.175. The predicted molar refractivity (Wildman–Crippen MR) is 148 cm³/mol. The van der Waals surface area contributed by atoms with E-state index >= 15 is 0 Å². The highest BCUT2D eigenvalue weighted by atomic mass is 16.5. The SMILES string of the molecule is CCCCCCCC(COCC(CCCCCCC)N(C)CCN(C)C)N(C)CCN(C)C. The van der Waals surface area contributed by atoms with Crippen molar-refractivity contribution in [2.75, 3.05) is 81.7 Å². The molecule has 0 aromatic rings. The van der Waals surface area contributed by atoms with Crippen LogP contribution < -0.4 is 0 Å². The Morgan fingerprint density at radius 1 is 0.485 bits per heavy atom. The molecule has 0 saturated carbocycles. The molecule has 0 saturated heterocycles. The number of hydrogen-bond donors (Lipinski definition) is 0. The van der Waals surface area contributed by atoms with Crippen LogP contribution in [0.2, 0.25) is 0 Å². The van der Waals surface area contributed by atoms with E-state index in [4.69, 9.17) is 4.74 Å². The molecule has 0 aliphatic carbocycles. The highest BCUT2D eigenvalue weighted by Crippen LogP contribution is 2.14. The second-order valence-electron chi connectivity index (χ2n) is 10.8. The molecule has 0 bridgehead atoms. The molecule has 200 valence electrons. The molecule has 0 fully saturated rings. The Kier molecular flexibility index (Phi) is 22.1. The van der Waals surface area contributed by atoms with E-state index in [0.717, 1.165) is 39.4 Å². The summed E-state index contributed by atoms with van der Waals surface area (Å²) in [6, 6.07) is 1.06. The Morgan fingerprint density at radius 3 is 1.18 bits per heavy atom. The van der Waals surface area contributed by atoms with Gasteiger partial charge in [0.25, 0.3) is 0 Å². The number of ether oxygens (including phenoxy) is 1. The number of rotatable bonds is 24. The average Bonchev–Trinajstić information content (AvgIpc) is 2.78. The van der Waals surface area contributed by atoms with Crippen LogP contribution in [0, 0.1) is 0 Å². The zero-order valence-electron chi connectivity index (χ0n) is 24.1. The molecule has 0 rings (SSSR count). The summed E-state index contributed by atoms with van der Waals surface area (Å²) in [5.74, 6) is 0. The molecule has 33 heavy (non-hydrogen) atoms. The Hall–Kier alpha value is -0.200. The lowest BCUT2D eigenvalue weighted by atomic mass is 10.0. The molecule has 0 aliphatic heterocycles. The molecular formula is C28H62N4O. The first-order chi connectivity index (χ1) is 15.8. The van der Waals surface area contributed by atoms with Gasteiger partial charge >= 0.3 is 0 Å². The van der Waals surface area contributed by atoms with Crippen LogP contribution >= 0.6 is 0 Å². The lowest BCUT2D eigenvalue weighted by Crippen LogP contribution is -2.42. The number of unbranched alkanes of at least 4 members (excludes halogenated alkanes) is 8. The molecule has 2 atom stereocenters. The first-order valence-corrected chi connectivity index (χ1v) is 14.1. The highest BCUT2D eigenvalue weighted by molar-refractivity contribution is 4.73. The molecule has 0 aromatic heterocycles. The fourth-order valence-electron chi connectivity index (χ4n) is 4.25. The van der Waals surface area contributed by atoms with Gasteiger partial charge in [0, 0.05) is 38.3 Å². The van der Waals surface area contributed by atoms with Crippen LogP contribution in [0.15, 0.2) is 0 Å². The molecule has 0 radical (unpaired) electrons. The minimum absolute atomic E-state index is 0.531. The molecule has 5 heteroatoms. The third kappa shape index (κ3) is 19.8. The van der Waals surface area contributed by atoms with E-state index in [2.05, 4.69) is 75.7 Å². The molecular weight excluding hydrogens is 408 g/mol. The molecule has 0 spiro atoms. The lowest BCUT2D eigenvalue weighted by molar-refractivity contribution is 0.0255. The number of nitrogens with zero attached hydrogens (tertiary/aromatic N) is 4. The largest absolute Gasteiger partial charge is 0.378 e. The van der Waals surface area contributed by atoms with E-state index in [1.165, 1.54) is 77.0 Å². The van der Waals surface area contributed by atoms with Gasteiger partial charge in [-0.15, -0.1) is 0 Å². The van der Waals surface area contributed by atoms with E-state index < -0.39 is 0 Å². The topological polar surface area (TPSA) is 22.2 Å². The standard InChI is InChI=1S/C28H62N4O/c1-9-11-13-15-17-19-27(31(7)23-21-29(3)4)25-33-26-28(20-18-16-14-12-10-2)32(8)24-22-30(5)6/h27-28H,9-26H2,1-8H3. The van der Waals surface area contributed by atoms with E-state index in [-0.39, 0.29) is 0 Å². The van der Waals surface area contributed by atoms with Gasteiger partial charge in [0.1, 0.15) is 0 Å². The summed E-state index contributed by atoms with van der Waals surface area (Å²) in [5.41, 5.74) is 0. The van der Waals surface area contributed by atoms with Crippen LogP contribution in [0.25, 0.3) is 0 Å². The van der Waals surface area contributed by atoms with E-state index in [9.17, 15) is 0 Å². The van der Waals surface area contributed by atoms with Gasteiger partial charge in [-0.1, -0.05) is 78.1 Å². The highest BCUT2D eigenvalue weighted by Gasteiger charge is 2.19. The van der Waals surface area contributed by atoms with Crippen molar-refractivity contribution in [1.82, 2.24) is 19.6 Å². The summed E-state index contributed by atoms with van der Waals surface area (Å²) < 4.78 is 6.46. The Labute approximate surface area is 209 Å². The van der Waals surface area contributed by atoms with Crippen molar-refractivity contribution in [2.24, 2.45) is 0 Å². The van der Waals surface area contributed by atoms with Crippen LogP contribution in [0.1, 0.15) is 90.9 Å². The summed E-state index contributed by atoms with van der Waals surface area (Å²) in [5, 5.41) is 0. The maximum Gasteiger partial charge on any atom is 0.0622 e. The zero-order valence-corrected chi connectivity index (χ0v) is 24.1. The molecule has 0 aromatic carbocycles. The summed E-state index contributed by atoms with van der Waals surface area (Å²) in [4.78, 5) is 9.64. The third-order valence-corrected chi connectivity index (χ3v) is 6.95. The third-order valence-electron chi connectivity index (χ3n) is 6.95. The summed E-state index contributed by atoms with van der Waals surface area (Å²) in [7, 11) is 13.2. The predicted octanol–water partition coefficient (Wildman–Crippen LogP) is 5.45.